The minimum Gasteiger partial charge on any atom is -0.438 e. The van der Waals surface area contributed by atoms with Crippen molar-refractivity contribution in [2.24, 2.45) is 0 Å². The third-order valence-electron chi connectivity index (χ3n) is 6.16. The van der Waals surface area contributed by atoms with E-state index in [0.717, 1.165) is 11.1 Å². The number of cyclic esters (lactones) is 1. The molecule has 4 aromatic rings. The topological polar surface area (TPSA) is 87.7 Å². The number of hydrogen-bond acceptors (Lipinski definition) is 5. The second-order valence-electron chi connectivity index (χ2n) is 8.92. The first kappa shape index (κ1) is 25.2. The van der Waals surface area contributed by atoms with Crippen molar-refractivity contribution < 1.29 is 23.5 Å². The monoisotopic (exact) mass is 529 g/mol. The van der Waals surface area contributed by atoms with E-state index in [1.807, 2.05) is 36.6 Å². The lowest BCUT2D eigenvalue weighted by molar-refractivity contribution is -0.121. The highest BCUT2D eigenvalue weighted by atomic mass is 32.1. The molecule has 0 bridgehead atoms. The van der Waals surface area contributed by atoms with E-state index in [1.165, 1.54) is 40.5 Å². The van der Waals surface area contributed by atoms with Gasteiger partial charge in [0.2, 0.25) is 0 Å². The fourth-order valence-corrected chi connectivity index (χ4v) is 4.86. The standard InChI is InChI=1S/C29H24FN3O4S/c1-18-7-9-19(10-8-18)17-33-25(28(35)31-22-13-11-21(30)12-14-22)26(37-29(33)36)20-4-2-5-23(16-20)32-27(34)24-6-3-15-38-24/h2-16,25-26H,17H2,1H3,(H,31,35)(H,32,34). The number of carbonyl (C=O) groups excluding carboxylic acids is 3. The maximum atomic E-state index is 13.6. The van der Waals surface area contributed by atoms with E-state index in [-0.39, 0.29) is 12.5 Å². The van der Waals surface area contributed by atoms with Gasteiger partial charge in [-0.2, -0.15) is 0 Å². The average Bonchev–Trinajstić information content (AvgIpc) is 3.56. The van der Waals surface area contributed by atoms with E-state index in [1.54, 1.807) is 36.4 Å². The number of carbonyl (C=O) groups is 3. The number of anilines is 2. The summed E-state index contributed by atoms with van der Waals surface area (Å²) >= 11 is 1.32. The largest absolute Gasteiger partial charge is 0.438 e. The van der Waals surface area contributed by atoms with Crippen LogP contribution in [0.4, 0.5) is 20.6 Å². The quantitative estimate of drug-likeness (QED) is 0.301. The van der Waals surface area contributed by atoms with Gasteiger partial charge >= 0.3 is 6.09 Å². The number of benzene rings is 3. The molecule has 0 spiro atoms. The summed E-state index contributed by atoms with van der Waals surface area (Å²) in [4.78, 5) is 41.1. The summed E-state index contributed by atoms with van der Waals surface area (Å²) in [6, 6.07) is 22.4. The van der Waals surface area contributed by atoms with Crippen LogP contribution >= 0.6 is 11.3 Å². The Kier molecular flexibility index (Phi) is 7.19. The first-order chi connectivity index (χ1) is 18.4. The number of hydrogen-bond donors (Lipinski definition) is 2. The highest BCUT2D eigenvalue weighted by Gasteiger charge is 2.47. The molecule has 1 aliphatic heterocycles. The summed E-state index contributed by atoms with van der Waals surface area (Å²) in [5.41, 5.74) is 3.36. The number of aryl methyl sites for hydroxylation is 1. The molecule has 0 radical (unpaired) electrons. The van der Waals surface area contributed by atoms with Crippen LogP contribution in [-0.4, -0.2) is 28.8 Å². The number of halogens is 1. The molecule has 1 aromatic heterocycles. The normalized spacial score (nSPS) is 16.7. The van der Waals surface area contributed by atoms with Gasteiger partial charge in [-0.1, -0.05) is 48.0 Å². The number of nitrogens with one attached hydrogen (secondary N) is 2. The van der Waals surface area contributed by atoms with E-state index < -0.39 is 30.0 Å². The van der Waals surface area contributed by atoms with Crippen LogP contribution in [0.2, 0.25) is 0 Å². The Labute approximate surface area is 222 Å². The van der Waals surface area contributed by atoms with Gasteiger partial charge in [-0.3, -0.25) is 14.5 Å². The Bertz CT molecular complexity index is 1460. The van der Waals surface area contributed by atoms with E-state index in [0.29, 0.717) is 21.8 Å². The second kappa shape index (κ2) is 10.9. The van der Waals surface area contributed by atoms with Crippen molar-refractivity contribution in [1.82, 2.24) is 4.90 Å². The highest BCUT2D eigenvalue weighted by Crippen LogP contribution is 2.35. The molecule has 3 amide bonds. The number of rotatable bonds is 7. The summed E-state index contributed by atoms with van der Waals surface area (Å²) in [5.74, 6) is -1.16. The van der Waals surface area contributed by atoms with E-state index in [4.69, 9.17) is 4.74 Å². The molecular weight excluding hydrogens is 505 g/mol. The zero-order chi connectivity index (χ0) is 26.6. The molecule has 5 rings (SSSR count). The van der Waals surface area contributed by atoms with Gasteiger partial charge in [-0.25, -0.2) is 9.18 Å². The molecular formula is C29H24FN3O4S. The first-order valence-corrected chi connectivity index (χ1v) is 12.8. The Morgan fingerprint density at radius 3 is 2.42 bits per heavy atom. The predicted molar refractivity (Wildman–Crippen MR) is 143 cm³/mol. The van der Waals surface area contributed by atoms with Gasteiger partial charge in [-0.15, -0.1) is 11.3 Å². The minimum absolute atomic E-state index is 0.159. The molecule has 2 unspecified atom stereocenters. The summed E-state index contributed by atoms with van der Waals surface area (Å²) in [7, 11) is 0. The molecule has 9 heteroatoms. The zero-order valence-corrected chi connectivity index (χ0v) is 21.2. The number of nitrogens with zero attached hydrogens (tertiary/aromatic N) is 1. The van der Waals surface area contributed by atoms with Gasteiger partial charge in [0.1, 0.15) is 5.82 Å². The van der Waals surface area contributed by atoms with Gasteiger partial charge in [0, 0.05) is 11.4 Å². The van der Waals surface area contributed by atoms with Crippen LogP contribution in [-0.2, 0) is 16.1 Å². The molecule has 0 saturated carbocycles. The molecule has 1 aliphatic rings. The molecule has 38 heavy (non-hydrogen) atoms. The minimum atomic E-state index is -1.02. The molecule has 2 N–H and O–H groups in total. The van der Waals surface area contributed by atoms with Crippen LogP contribution in [0.5, 0.6) is 0 Å². The summed E-state index contributed by atoms with van der Waals surface area (Å²) in [6.07, 6.45) is -1.57. The van der Waals surface area contributed by atoms with Crippen LogP contribution < -0.4 is 10.6 Å². The van der Waals surface area contributed by atoms with E-state index >= 15 is 0 Å². The van der Waals surface area contributed by atoms with Crippen LogP contribution in [0, 0.1) is 12.7 Å². The van der Waals surface area contributed by atoms with Crippen molar-refractivity contribution in [2.45, 2.75) is 25.6 Å². The van der Waals surface area contributed by atoms with Gasteiger partial charge < -0.3 is 15.4 Å². The lowest BCUT2D eigenvalue weighted by atomic mass is 9.99. The summed E-state index contributed by atoms with van der Waals surface area (Å²) < 4.78 is 19.1. The molecule has 192 valence electrons. The lowest BCUT2D eigenvalue weighted by Gasteiger charge is -2.24. The maximum absolute atomic E-state index is 13.6. The third kappa shape index (κ3) is 5.57. The average molecular weight is 530 g/mol. The Balaban J connectivity index is 1.44. The fraction of sp³-hybridized carbons (Fsp3) is 0.138. The molecule has 2 heterocycles. The molecule has 1 saturated heterocycles. The van der Waals surface area contributed by atoms with Gasteiger partial charge in [-0.05, 0) is 65.9 Å². The van der Waals surface area contributed by atoms with Crippen LogP contribution in [0.1, 0.15) is 32.5 Å². The number of amides is 3. The summed E-state index contributed by atoms with van der Waals surface area (Å²) in [6.45, 7) is 2.12. The summed E-state index contributed by atoms with van der Waals surface area (Å²) in [5, 5.41) is 7.44. The molecule has 1 fully saturated rings. The Morgan fingerprint density at radius 1 is 0.947 bits per heavy atom. The van der Waals surface area contributed by atoms with Crippen molar-refractivity contribution in [3.8, 4) is 0 Å². The Hall–Kier alpha value is -4.50. The fourth-order valence-electron chi connectivity index (χ4n) is 4.24. The smallest absolute Gasteiger partial charge is 0.411 e. The highest BCUT2D eigenvalue weighted by molar-refractivity contribution is 7.12. The van der Waals surface area contributed by atoms with Crippen molar-refractivity contribution in [2.75, 3.05) is 10.6 Å². The van der Waals surface area contributed by atoms with Crippen molar-refractivity contribution in [3.05, 3.63) is 118 Å². The van der Waals surface area contributed by atoms with Gasteiger partial charge in [0.25, 0.3) is 11.8 Å². The van der Waals surface area contributed by atoms with E-state index in [9.17, 15) is 18.8 Å². The second-order valence-corrected chi connectivity index (χ2v) is 9.86. The lowest BCUT2D eigenvalue weighted by Crippen LogP contribution is -2.43. The molecule has 3 aromatic carbocycles. The van der Waals surface area contributed by atoms with Crippen LogP contribution in [0.3, 0.4) is 0 Å². The van der Waals surface area contributed by atoms with Gasteiger partial charge in [0.05, 0.1) is 11.4 Å². The maximum Gasteiger partial charge on any atom is 0.411 e. The molecule has 2 atom stereocenters. The molecule has 0 aliphatic carbocycles. The van der Waals surface area contributed by atoms with Crippen molar-refractivity contribution >= 4 is 40.6 Å². The predicted octanol–water partition coefficient (Wildman–Crippen LogP) is 6.15. The number of ether oxygens (including phenoxy) is 1. The SMILES string of the molecule is Cc1ccc(CN2C(=O)OC(c3cccc(NC(=O)c4cccs4)c3)C2C(=O)Nc2ccc(F)cc2)cc1. The van der Waals surface area contributed by atoms with Crippen molar-refractivity contribution in [1.29, 1.82) is 0 Å². The van der Waals surface area contributed by atoms with Gasteiger partial charge in [0.15, 0.2) is 12.1 Å². The van der Waals surface area contributed by atoms with Crippen LogP contribution in [0.15, 0.2) is 90.3 Å². The third-order valence-corrected chi connectivity index (χ3v) is 7.03. The zero-order valence-electron chi connectivity index (χ0n) is 20.4. The van der Waals surface area contributed by atoms with E-state index in [2.05, 4.69) is 10.6 Å². The van der Waals surface area contributed by atoms with Crippen molar-refractivity contribution in [3.63, 3.8) is 0 Å². The van der Waals surface area contributed by atoms with Crippen LogP contribution in [0.25, 0.3) is 0 Å². The molecule has 7 nitrogen and oxygen atoms in total. The first-order valence-electron chi connectivity index (χ1n) is 11.9. The Morgan fingerprint density at radius 2 is 1.71 bits per heavy atom. The number of thiophene rings is 1.